The van der Waals surface area contributed by atoms with E-state index in [1.165, 1.54) is 0 Å². The molecule has 172 valence electrons. The Kier molecular flexibility index (Phi) is 7.87. The van der Waals surface area contributed by atoms with Crippen LogP contribution in [0.3, 0.4) is 0 Å². The van der Waals surface area contributed by atoms with Crippen molar-refractivity contribution in [3.63, 3.8) is 0 Å². The molecule has 1 aliphatic heterocycles. The van der Waals surface area contributed by atoms with E-state index in [9.17, 15) is 9.59 Å². The molecular weight excluding hydrogens is 418 g/mol. The van der Waals surface area contributed by atoms with Crippen molar-refractivity contribution in [1.29, 1.82) is 0 Å². The Morgan fingerprint density at radius 3 is 2.48 bits per heavy atom. The highest BCUT2D eigenvalue weighted by Gasteiger charge is 2.22. The molecule has 7 heteroatoms. The van der Waals surface area contributed by atoms with Crippen LogP contribution in [0.15, 0.2) is 67.0 Å². The molecule has 0 spiro atoms. The van der Waals surface area contributed by atoms with Gasteiger partial charge in [0.05, 0.1) is 0 Å². The normalized spacial score (nSPS) is 14.2. The SMILES string of the molecule is O=C(CCc1cncc2ccccc12)OCC(=O)N1CCN(CCOc2ccccc2)CC1. The topological polar surface area (TPSA) is 72.0 Å². The fourth-order valence-electron chi connectivity index (χ4n) is 3.95. The number of fused-ring (bicyclic) bond motifs is 1. The summed E-state index contributed by atoms with van der Waals surface area (Å²) < 4.78 is 11.0. The van der Waals surface area contributed by atoms with Gasteiger partial charge in [0.25, 0.3) is 5.91 Å². The number of aromatic nitrogens is 1. The molecule has 0 atom stereocenters. The number of rotatable bonds is 9. The number of esters is 1. The van der Waals surface area contributed by atoms with E-state index in [1.54, 1.807) is 11.1 Å². The van der Waals surface area contributed by atoms with Crippen LogP contribution in [0, 0.1) is 0 Å². The Morgan fingerprint density at radius 2 is 1.67 bits per heavy atom. The van der Waals surface area contributed by atoms with Gasteiger partial charge in [0, 0.05) is 56.9 Å². The van der Waals surface area contributed by atoms with Gasteiger partial charge < -0.3 is 14.4 Å². The third-order valence-electron chi connectivity index (χ3n) is 5.85. The van der Waals surface area contributed by atoms with Crippen LogP contribution in [-0.4, -0.2) is 72.6 Å². The second-order valence-electron chi connectivity index (χ2n) is 8.06. The molecule has 3 aromatic rings. The first-order valence-electron chi connectivity index (χ1n) is 11.3. The van der Waals surface area contributed by atoms with E-state index >= 15 is 0 Å². The second-order valence-corrected chi connectivity index (χ2v) is 8.06. The zero-order valence-electron chi connectivity index (χ0n) is 18.7. The minimum Gasteiger partial charge on any atom is -0.492 e. The van der Waals surface area contributed by atoms with Crippen molar-refractivity contribution in [2.45, 2.75) is 12.8 Å². The molecular formula is C26H29N3O4. The molecule has 2 aromatic carbocycles. The van der Waals surface area contributed by atoms with Crippen molar-refractivity contribution in [3.8, 4) is 5.75 Å². The monoisotopic (exact) mass is 447 g/mol. The number of carbonyl (C=O) groups excluding carboxylic acids is 2. The fourth-order valence-corrected chi connectivity index (χ4v) is 3.95. The molecule has 0 saturated carbocycles. The van der Waals surface area contributed by atoms with E-state index in [0.29, 0.717) is 26.1 Å². The molecule has 4 rings (SSSR count). The highest BCUT2D eigenvalue weighted by atomic mass is 16.5. The van der Waals surface area contributed by atoms with E-state index in [4.69, 9.17) is 9.47 Å². The minimum atomic E-state index is -0.368. The van der Waals surface area contributed by atoms with Crippen LogP contribution in [0.5, 0.6) is 5.75 Å². The standard InChI is InChI=1S/C26H29N3O4/c30-25(29-14-12-28(13-15-29)16-17-32-23-7-2-1-3-8-23)20-33-26(31)11-10-22-19-27-18-21-6-4-5-9-24(21)22/h1-9,18-19H,10-17,20H2. The summed E-state index contributed by atoms with van der Waals surface area (Å²) in [4.78, 5) is 32.9. The van der Waals surface area contributed by atoms with Crippen molar-refractivity contribution < 1.29 is 19.1 Å². The molecule has 1 fully saturated rings. The van der Waals surface area contributed by atoms with Gasteiger partial charge in [0.15, 0.2) is 6.61 Å². The third kappa shape index (κ3) is 6.52. The number of nitrogens with zero attached hydrogens (tertiary/aromatic N) is 3. The Balaban J connectivity index is 1.13. The molecule has 0 bridgehead atoms. The van der Waals surface area contributed by atoms with E-state index in [2.05, 4.69) is 9.88 Å². The van der Waals surface area contributed by atoms with Gasteiger partial charge in [-0.25, -0.2) is 0 Å². The summed E-state index contributed by atoms with van der Waals surface area (Å²) in [5.74, 6) is 0.355. The molecule has 1 aromatic heterocycles. The van der Waals surface area contributed by atoms with Crippen LogP contribution in [0.4, 0.5) is 0 Å². The molecule has 7 nitrogen and oxygen atoms in total. The quantitative estimate of drug-likeness (QED) is 0.470. The zero-order chi connectivity index (χ0) is 22.9. The number of aryl methyl sites for hydroxylation is 1. The van der Waals surface area contributed by atoms with Crippen LogP contribution in [0.2, 0.25) is 0 Å². The molecule has 1 amide bonds. The van der Waals surface area contributed by atoms with E-state index in [1.807, 2.05) is 60.8 Å². The largest absolute Gasteiger partial charge is 0.492 e. The number of carbonyl (C=O) groups is 2. The first kappa shape index (κ1) is 22.7. The van der Waals surface area contributed by atoms with Crippen molar-refractivity contribution >= 4 is 22.6 Å². The number of ether oxygens (including phenoxy) is 2. The van der Waals surface area contributed by atoms with Gasteiger partial charge >= 0.3 is 5.97 Å². The summed E-state index contributed by atoms with van der Waals surface area (Å²) in [5, 5.41) is 2.13. The van der Waals surface area contributed by atoms with Gasteiger partial charge in [0.2, 0.25) is 0 Å². The first-order valence-corrected chi connectivity index (χ1v) is 11.3. The lowest BCUT2D eigenvalue weighted by Crippen LogP contribution is -2.50. The Morgan fingerprint density at radius 1 is 0.909 bits per heavy atom. The number of pyridine rings is 1. The van der Waals surface area contributed by atoms with E-state index < -0.39 is 0 Å². The first-order chi connectivity index (χ1) is 16.2. The minimum absolute atomic E-state index is 0.143. The van der Waals surface area contributed by atoms with E-state index in [0.717, 1.165) is 41.7 Å². The van der Waals surface area contributed by atoms with Gasteiger partial charge in [-0.1, -0.05) is 42.5 Å². The molecule has 0 unspecified atom stereocenters. The molecule has 0 N–H and O–H groups in total. The fraction of sp³-hybridized carbons (Fsp3) is 0.346. The summed E-state index contributed by atoms with van der Waals surface area (Å²) in [7, 11) is 0. The Labute approximate surface area is 193 Å². The molecule has 0 aliphatic carbocycles. The second kappa shape index (κ2) is 11.4. The lowest BCUT2D eigenvalue weighted by atomic mass is 10.0. The van der Waals surface area contributed by atoms with Crippen molar-refractivity contribution in [2.24, 2.45) is 0 Å². The third-order valence-corrected chi connectivity index (χ3v) is 5.85. The number of benzene rings is 2. The summed E-state index contributed by atoms with van der Waals surface area (Å²) in [6.45, 7) is 4.05. The Hall–Kier alpha value is -3.45. The number of hydrogen-bond donors (Lipinski definition) is 0. The highest BCUT2D eigenvalue weighted by Crippen LogP contribution is 2.18. The van der Waals surface area contributed by atoms with Crippen LogP contribution >= 0.6 is 0 Å². The number of hydrogen-bond acceptors (Lipinski definition) is 6. The maximum absolute atomic E-state index is 12.5. The summed E-state index contributed by atoms with van der Waals surface area (Å²) >= 11 is 0. The molecule has 1 saturated heterocycles. The van der Waals surface area contributed by atoms with E-state index in [-0.39, 0.29) is 24.9 Å². The van der Waals surface area contributed by atoms with Gasteiger partial charge in [-0.3, -0.25) is 19.5 Å². The predicted molar refractivity (Wildman–Crippen MR) is 126 cm³/mol. The zero-order valence-corrected chi connectivity index (χ0v) is 18.7. The molecule has 1 aliphatic rings. The maximum Gasteiger partial charge on any atom is 0.306 e. The average molecular weight is 448 g/mol. The van der Waals surface area contributed by atoms with Gasteiger partial charge in [-0.15, -0.1) is 0 Å². The van der Waals surface area contributed by atoms with Gasteiger partial charge in [-0.05, 0) is 29.5 Å². The predicted octanol–water partition coefficient (Wildman–Crippen LogP) is 2.93. The molecule has 2 heterocycles. The lowest BCUT2D eigenvalue weighted by molar-refractivity contribution is -0.152. The Bertz CT molecular complexity index is 1060. The van der Waals surface area contributed by atoms with Crippen LogP contribution in [0.1, 0.15) is 12.0 Å². The van der Waals surface area contributed by atoms with Gasteiger partial charge in [0.1, 0.15) is 12.4 Å². The number of para-hydroxylation sites is 1. The smallest absolute Gasteiger partial charge is 0.306 e. The van der Waals surface area contributed by atoms with Crippen molar-refractivity contribution in [2.75, 3.05) is 45.9 Å². The maximum atomic E-state index is 12.5. The van der Waals surface area contributed by atoms with Gasteiger partial charge in [-0.2, -0.15) is 0 Å². The highest BCUT2D eigenvalue weighted by molar-refractivity contribution is 5.85. The average Bonchev–Trinajstić information content (AvgIpc) is 2.87. The van der Waals surface area contributed by atoms with Crippen LogP contribution in [-0.2, 0) is 20.7 Å². The van der Waals surface area contributed by atoms with Crippen molar-refractivity contribution in [3.05, 3.63) is 72.6 Å². The number of piperazine rings is 1. The van der Waals surface area contributed by atoms with Crippen molar-refractivity contribution in [1.82, 2.24) is 14.8 Å². The molecule has 33 heavy (non-hydrogen) atoms. The summed E-state index contributed by atoms with van der Waals surface area (Å²) in [5.41, 5.74) is 1.00. The summed E-state index contributed by atoms with van der Waals surface area (Å²) in [6, 6.07) is 17.7. The lowest BCUT2D eigenvalue weighted by Gasteiger charge is -2.34. The van der Waals surface area contributed by atoms with Crippen LogP contribution < -0.4 is 4.74 Å². The molecule has 0 radical (unpaired) electrons. The summed E-state index contributed by atoms with van der Waals surface area (Å²) in [6.07, 6.45) is 4.35. The van der Waals surface area contributed by atoms with Crippen LogP contribution in [0.25, 0.3) is 10.8 Å². The number of amides is 1.